The van der Waals surface area contributed by atoms with Gasteiger partial charge in [0.15, 0.2) is 0 Å². The molecule has 0 amide bonds. The Morgan fingerprint density at radius 1 is 1.04 bits per heavy atom. The minimum atomic E-state index is -3.40. The van der Waals surface area contributed by atoms with Gasteiger partial charge in [0.05, 0.1) is 4.90 Å². The smallest absolute Gasteiger partial charge is 0.243 e. The van der Waals surface area contributed by atoms with Crippen LogP contribution in [0.4, 0.5) is 0 Å². The highest BCUT2D eigenvalue weighted by Crippen LogP contribution is 2.39. The first-order valence-electron chi connectivity index (χ1n) is 10.7. The quantitative estimate of drug-likeness (QED) is 0.779. The molecule has 0 N–H and O–H groups in total. The van der Waals surface area contributed by atoms with E-state index >= 15 is 0 Å². The maximum absolute atomic E-state index is 13.1. The lowest BCUT2D eigenvalue weighted by Crippen LogP contribution is -2.46. The number of fused-ring (bicyclic) bond motifs is 1. The van der Waals surface area contributed by atoms with Crippen molar-refractivity contribution < 1.29 is 8.42 Å². The zero-order chi connectivity index (χ0) is 19.0. The Morgan fingerprint density at radius 3 is 2.59 bits per heavy atom. The molecule has 1 saturated heterocycles. The van der Waals surface area contributed by atoms with Gasteiger partial charge in [0, 0.05) is 25.7 Å². The zero-order valence-corrected chi connectivity index (χ0v) is 17.6. The standard InChI is InChI=1S/C22H34N2O2S/c1-17-6-5-9-22(14-17)27(25,26)23(2)20-10-11-21(15-20)24-13-12-18-7-3-4-8-19(18)16-24/h5-6,9,14,18-21H,3-4,7-8,10-13,15-16H2,1-2H3/t18-,19+,20-,21+/m1/s1. The van der Waals surface area contributed by atoms with Crippen molar-refractivity contribution in [3.8, 4) is 0 Å². The van der Waals surface area contributed by atoms with Crippen LogP contribution in [0.15, 0.2) is 29.2 Å². The molecule has 1 heterocycles. The number of hydrogen-bond donors (Lipinski definition) is 0. The Balaban J connectivity index is 1.40. The fourth-order valence-electron chi connectivity index (χ4n) is 5.70. The number of piperidine rings is 1. The molecular formula is C22H34N2O2S. The van der Waals surface area contributed by atoms with Gasteiger partial charge in [0.1, 0.15) is 0 Å². The van der Waals surface area contributed by atoms with E-state index in [1.165, 1.54) is 45.2 Å². The molecule has 0 spiro atoms. The number of aryl methyl sites for hydroxylation is 1. The molecule has 3 fully saturated rings. The average molecular weight is 391 g/mol. The van der Waals surface area contributed by atoms with Gasteiger partial charge in [-0.25, -0.2) is 8.42 Å². The number of rotatable bonds is 4. The molecule has 1 aromatic rings. The van der Waals surface area contributed by atoms with E-state index < -0.39 is 10.0 Å². The predicted molar refractivity (Wildman–Crippen MR) is 109 cm³/mol. The van der Waals surface area contributed by atoms with Crippen LogP contribution in [0, 0.1) is 18.8 Å². The molecule has 0 bridgehead atoms. The van der Waals surface area contributed by atoms with Crippen molar-refractivity contribution in [1.82, 2.24) is 9.21 Å². The molecule has 4 nitrogen and oxygen atoms in total. The molecule has 2 aliphatic carbocycles. The molecule has 5 heteroatoms. The van der Waals surface area contributed by atoms with E-state index in [4.69, 9.17) is 0 Å². The second-order valence-electron chi connectivity index (χ2n) is 9.05. The van der Waals surface area contributed by atoms with Gasteiger partial charge in [-0.3, -0.25) is 0 Å². The number of nitrogens with zero attached hydrogens (tertiary/aromatic N) is 2. The van der Waals surface area contributed by atoms with E-state index in [2.05, 4.69) is 4.90 Å². The van der Waals surface area contributed by atoms with Crippen LogP contribution >= 0.6 is 0 Å². The Morgan fingerprint density at radius 2 is 1.81 bits per heavy atom. The van der Waals surface area contributed by atoms with Crippen molar-refractivity contribution in [2.75, 3.05) is 20.1 Å². The van der Waals surface area contributed by atoms with Crippen LogP contribution in [-0.4, -0.2) is 49.8 Å². The lowest BCUT2D eigenvalue weighted by Gasteiger charge is -2.43. The van der Waals surface area contributed by atoms with Gasteiger partial charge in [-0.05, 0) is 75.1 Å². The summed E-state index contributed by atoms with van der Waals surface area (Å²) in [4.78, 5) is 3.12. The van der Waals surface area contributed by atoms with Crippen LogP contribution < -0.4 is 0 Å². The first-order valence-corrected chi connectivity index (χ1v) is 12.2. The van der Waals surface area contributed by atoms with Gasteiger partial charge < -0.3 is 4.90 Å². The van der Waals surface area contributed by atoms with E-state index in [9.17, 15) is 8.42 Å². The van der Waals surface area contributed by atoms with Crippen molar-refractivity contribution in [1.29, 1.82) is 0 Å². The Kier molecular flexibility index (Phi) is 5.64. The topological polar surface area (TPSA) is 40.6 Å². The number of likely N-dealkylation sites (tertiary alicyclic amines) is 1. The highest BCUT2D eigenvalue weighted by molar-refractivity contribution is 7.89. The van der Waals surface area contributed by atoms with Gasteiger partial charge >= 0.3 is 0 Å². The molecule has 1 aliphatic heterocycles. The second-order valence-corrected chi connectivity index (χ2v) is 11.0. The number of benzene rings is 1. The lowest BCUT2D eigenvalue weighted by atomic mass is 9.75. The summed E-state index contributed by atoms with van der Waals surface area (Å²) in [5.41, 5.74) is 0.990. The first-order chi connectivity index (χ1) is 12.9. The van der Waals surface area contributed by atoms with E-state index in [0.717, 1.165) is 36.7 Å². The van der Waals surface area contributed by atoms with Crippen LogP contribution in [0.5, 0.6) is 0 Å². The van der Waals surface area contributed by atoms with E-state index in [1.807, 2.05) is 19.1 Å². The van der Waals surface area contributed by atoms with Crippen molar-refractivity contribution in [3.63, 3.8) is 0 Å². The third kappa shape index (κ3) is 3.96. The van der Waals surface area contributed by atoms with Gasteiger partial charge in [-0.15, -0.1) is 0 Å². The third-order valence-corrected chi connectivity index (χ3v) is 9.30. The van der Waals surface area contributed by atoms with Crippen LogP contribution in [0.1, 0.15) is 56.9 Å². The summed E-state index contributed by atoms with van der Waals surface area (Å²) in [5, 5.41) is 0. The summed E-state index contributed by atoms with van der Waals surface area (Å²) in [6.45, 7) is 4.41. The van der Waals surface area contributed by atoms with Crippen LogP contribution in [0.2, 0.25) is 0 Å². The maximum Gasteiger partial charge on any atom is 0.243 e. The van der Waals surface area contributed by atoms with Crippen molar-refractivity contribution >= 4 is 10.0 Å². The molecule has 4 atom stereocenters. The minimum Gasteiger partial charge on any atom is -0.300 e. The molecule has 27 heavy (non-hydrogen) atoms. The van der Waals surface area contributed by atoms with Crippen molar-refractivity contribution in [2.45, 2.75) is 75.3 Å². The molecule has 0 radical (unpaired) electrons. The molecule has 0 unspecified atom stereocenters. The van der Waals surface area contributed by atoms with Gasteiger partial charge in [0.2, 0.25) is 10.0 Å². The SMILES string of the molecule is Cc1cccc(S(=O)(=O)N(C)[C@@H]2CC[C@H](N3CC[C@H]4CCCC[C@H]4C3)C2)c1. The molecule has 4 rings (SSSR count). The maximum atomic E-state index is 13.1. The second kappa shape index (κ2) is 7.84. The van der Waals surface area contributed by atoms with Crippen LogP contribution in [0.25, 0.3) is 0 Å². The van der Waals surface area contributed by atoms with E-state index in [1.54, 1.807) is 23.5 Å². The highest BCUT2D eigenvalue weighted by atomic mass is 32.2. The van der Waals surface area contributed by atoms with E-state index in [-0.39, 0.29) is 6.04 Å². The van der Waals surface area contributed by atoms with E-state index in [0.29, 0.717) is 10.9 Å². The van der Waals surface area contributed by atoms with Crippen molar-refractivity contribution in [3.05, 3.63) is 29.8 Å². The summed E-state index contributed by atoms with van der Waals surface area (Å²) in [6, 6.07) is 7.98. The molecule has 2 saturated carbocycles. The average Bonchev–Trinajstić information content (AvgIpc) is 3.17. The zero-order valence-electron chi connectivity index (χ0n) is 16.8. The fourth-order valence-corrected chi connectivity index (χ4v) is 7.20. The summed E-state index contributed by atoms with van der Waals surface area (Å²) in [7, 11) is -1.63. The number of hydrogen-bond acceptors (Lipinski definition) is 3. The largest absolute Gasteiger partial charge is 0.300 e. The predicted octanol–water partition coefficient (Wildman–Crippen LogP) is 4.05. The van der Waals surface area contributed by atoms with Gasteiger partial charge in [-0.1, -0.05) is 31.4 Å². The Hall–Kier alpha value is -0.910. The monoisotopic (exact) mass is 390 g/mol. The van der Waals surface area contributed by atoms with Gasteiger partial charge in [0.25, 0.3) is 0 Å². The molecule has 150 valence electrons. The Labute approximate surface area is 165 Å². The van der Waals surface area contributed by atoms with Crippen molar-refractivity contribution in [2.24, 2.45) is 11.8 Å². The summed E-state index contributed by atoms with van der Waals surface area (Å²) < 4.78 is 27.8. The fraction of sp³-hybridized carbons (Fsp3) is 0.727. The Bertz CT molecular complexity index is 763. The summed E-state index contributed by atoms with van der Waals surface area (Å²) >= 11 is 0. The summed E-state index contributed by atoms with van der Waals surface area (Å²) in [6.07, 6.45) is 10.1. The first kappa shape index (κ1) is 19.4. The summed E-state index contributed by atoms with van der Waals surface area (Å²) in [5.74, 6) is 1.84. The molecule has 3 aliphatic rings. The molecular weight excluding hydrogens is 356 g/mol. The normalized spacial score (nSPS) is 32.6. The molecule has 1 aromatic carbocycles. The lowest BCUT2D eigenvalue weighted by molar-refractivity contribution is 0.0571. The number of sulfonamides is 1. The minimum absolute atomic E-state index is 0.129. The molecule has 0 aromatic heterocycles. The highest BCUT2D eigenvalue weighted by Gasteiger charge is 2.39. The van der Waals surface area contributed by atoms with Crippen LogP contribution in [-0.2, 0) is 10.0 Å². The van der Waals surface area contributed by atoms with Gasteiger partial charge in [-0.2, -0.15) is 4.31 Å². The third-order valence-electron chi connectivity index (χ3n) is 7.40. The van der Waals surface area contributed by atoms with Crippen LogP contribution in [0.3, 0.4) is 0 Å².